The minimum Gasteiger partial charge on any atom is -0.339 e. The number of nitrogens with zero attached hydrogens (tertiary/aromatic N) is 2. The number of nitrogens with two attached hydrogens (primary N) is 1. The van der Waals surface area contributed by atoms with E-state index in [9.17, 15) is 9.59 Å². The molecule has 2 saturated heterocycles. The zero-order valence-electron chi connectivity index (χ0n) is 14.3. The molecule has 6 heteroatoms. The van der Waals surface area contributed by atoms with Gasteiger partial charge in [0.15, 0.2) is 0 Å². The molecule has 0 aromatic heterocycles. The fraction of sp³-hybridized carbons (Fsp3) is 0.474. The van der Waals surface area contributed by atoms with Crippen molar-refractivity contribution < 1.29 is 9.59 Å². The van der Waals surface area contributed by atoms with Gasteiger partial charge in [-0.15, -0.1) is 12.4 Å². The number of hydrogen-bond acceptors (Lipinski definition) is 3. The van der Waals surface area contributed by atoms with Gasteiger partial charge >= 0.3 is 0 Å². The van der Waals surface area contributed by atoms with Gasteiger partial charge in [-0.2, -0.15) is 0 Å². The Morgan fingerprint density at radius 2 is 2.00 bits per heavy atom. The summed E-state index contributed by atoms with van der Waals surface area (Å²) in [7, 11) is 0. The predicted octanol–water partition coefficient (Wildman–Crippen LogP) is 1.92. The highest BCUT2D eigenvalue weighted by molar-refractivity contribution is 5.92. The average molecular weight is 364 g/mol. The van der Waals surface area contributed by atoms with Gasteiger partial charge in [-0.05, 0) is 30.4 Å². The zero-order chi connectivity index (χ0) is 16.9. The van der Waals surface area contributed by atoms with Crippen molar-refractivity contribution in [1.82, 2.24) is 9.80 Å². The van der Waals surface area contributed by atoms with Crippen LogP contribution in [-0.4, -0.2) is 53.8 Å². The Morgan fingerprint density at radius 1 is 1.24 bits per heavy atom. The first-order valence-corrected chi connectivity index (χ1v) is 8.70. The highest BCUT2D eigenvalue weighted by atomic mass is 35.5. The smallest absolute Gasteiger partial charge is 0.246 e. The average Bonchev–Trinajstić information content (AvgIpc) is 2.62. The molecule has 136 valence electrons. The Balaban J connectivity index is 0.00000225. The van der Waals surface area contributed by atoms with E-state index in [0.29, 0.717) is 32.0 Å². The Bertz CT molecular complexity index is 620. The van der Waals surface area contributed by atoms with Crippen LogP contribution >= 0.6 is 12.4 Å². The van der Waals surface area contributed by atoms with E-state index >= 15 is 0 Å². The number of likely N-dealkylation sites (tertiary alicyclic amines) is 2. The standard InChI is InChI=1S/C19H25N3O2.ClH/c20-11-13-22-17-10-12-21(14-16(17)7-9-19(22)24)18(23)8-6-15-4-2-1-3-5-15;/h1-6,8,16-17H,7,9-14,20H2;1H/b8-6+;/t16-,17+;/m0./s1. The summed E-state index contributed by atoms with van der Waals surface area (Å²) in [6.07, 6.45) is 5.81. The molecule has 2 aliphatic heterocycles. The van der Waals surface area contributed by atoms with Crippen LogP contribution in [0.25, 0.3) is 6.08 Å². The van der Waals surface area contributed by atoms with E-state index in [0.717, 1.165) is 24.9 Å². The van der Waals surface area contributed by atoms with Gasteiger partial charge in [0.2, 0.25) is 11.8 Å². The number of carbonyl (C=O) groups excluding carboxylic acids is 2. The van der Waals surface area contributed by atoms with Crippen LogP contribution in [0.5, 0.6) is 0 Å². The molecule has 1 aromatic carbocycles. The second kappa shape index (κ2) is 9.02. The highest BCUT2D eigenvalue weighted by Gasteiger charge is 2.39. The molecule has 0 aliphatic carbocycles. The van der Waals surface area contributed by atoms with Crippen molar-refractivity contribution in [2.45, 2.75) is 25.3 Å². The summed E-state index contributed by atoms with van der Waals surface area (Å²) in [5.41, 5.74) is 6.67. The van der Waals surface area contributed by atoms with Crippen LogP contribution in [0.4, 0.5) is 0 Å². The van der Waals surface area contributed by atoms with Gasteiger partial charge in [0.05, 0.1) is 0 Å². The van der Waals surface area contributed by atoms with Crippen LogP contribution in [-0.2, 0) is 9.59 Å². The van der Waals surface area contributed by atoms with Crippen molar-refractivity contribution in [3.8, 4) is 0 Å². The fourth-order valence-electron chi connectivity index (χ4n) is 3.82. The summed E-state index contributed by atoms with van der Waals surface area (Å²) < 4.78 is 0. The van der Waals surface area contributed by atoms with E-state index in [1.165, 1.54) is 0 Å². The SMILES string of the molecule is Cl.NCCN1C(=O)CC[C@H]2CN(C(=O)/C=C/c3ccccc3)CC[C@H]21. The Morgan fingerprint density at radius 3 is 2.72 bits per heavy atom. The van der Waals surface area contributed by atoms with Gasteiger partial charge in [0.25, 0.3) is 0 Å². The second-order valence-electron chi connectivity index (χ2n) is 6.56. The third-order valence-electron chi connectivity index (χ3n) is 5.04. The molecule has 5 nitrogen and oxygen atoms in total. The summed E-state index contributed by atoms with van der Waals surface area (Å²) in [4.78, 5) is 28.4. The molecular formula is C19H26ClN3O2. The fourth-order valence-corrected chi connectivity index (χ4v) is 3.82. The van der Waals surface area contributed by atoms with E-state index in [1.807, 2.05) is 46.2 Å². The molecule has 2 aliphatic rings. The van der Waals surface area contributed by atoms with Crippen molar-refractivity contribution in [3.63, 3.8) is 0 Å². The lowest BCUT2D eigenvalue weighted by molar-refractivity contribution is -0.142. The lowest BCUT2D eigenvalue weighted by atomic mass is 9.83. The minimum atomic E-state index is 0. The highest BCUT2D eigenvalue weighted by Crippen LogP contribution is 2.31. The molecule has 2 N–H and O–H groups in total. The van der Waals surface area contributed by atoms with Crippen LogP contribution in [0.3, 0.4) is 0 Å². The van der Waals surface area contributed by atoms with Gasteiger partial charge in [-0.25, -0.2) is 0 Å². The molecule has 2 fully saturated rings. The van der Waals surface area contributed by atoms with E-state index < -0.39 is 0 Å². The summed E-state index contributed by atoms with van der Waals surface area (Å²) >= 11 is 0. The van der Waals surface area contributed by atoms with Gasteiger partial charge in [0, 0.05) is 44.7 Å². The predicted molar refractivity (Wildman–Crippen MR) is 101 cm³/mol. The summed E-state index contributed by atoms with van der Waals surface area (Å²) in [5, 5.41) is 0. The third kappa shape index (κ3) is 4.61. The van der Waals surface area contributed by atoms with Crippen LogP contribution < -0.4 is 5.73 Å². The molecule has 2 heterocycles. The monoisotopic (exact) mass is 363 g/mol. The molecule has 25 heavy (non-hydrogen) atoms. The number of fused-ring (bicyclic) bond motifs is 1. The molecule has 2 amide bonds. The van der Waals surface area contributed by atoms with Gasteiger partial charge in [-0.1, -0.05) is 30.3 Å². The molecule has 2 atom stereocenters. The summed E-state index contributed by atoms with van der Waals surface area (Å²) in [6, 6.07) is 10.1. The van der Waals surface area contributed by atoms with Crippen LogP contribution in [0.1, 0.15) is 24.8 Å². The van der Waals surface area contributed by atoms with Gasteiger partial charge < -0.3 is 15.5 Å². The van der Waals surface area contributed by atoms with Crippen molar-refractivity contribution in [2.24, 2.45) is 11.7 Å². The molecule has 0 spiro atoms. The molecule has 3 rings (SSSR count). The lowest BCUT2D eigenvalue weighted by Crippen LogP contribution is -2.57. The molecule has 1 aromatic rings. The normalized spacial score (nSPS) is 23.3. The van der Waals surface area contributed by atoms with E-state index in [4.69, 9.17) is 5.73 Å². The maximum atomic E-state index is 12.5. The molecule has 0 bridgehead atoms. The maximum absolute atomic E-state index is 12.5. The quantitative estimate of drug-likeness (QED) is 0.831. The van der Waals surface area contributed by atoms with Crippen LogP contribution in [0.2, 0.25) is 0 Å². The first kappa shape index (κ1) is 19.5. The number of piperidine rings is 2. The van der Waals surface area contributed by atoms with E-state index in [1.54, 1.807) is 6.08 Å². The number of halogens is 1. The van der Waals surface area contributed by atoms with Crippen molar-refractivity contribution >= 4 is 30.3 Å². The topological polar surface area (TPSA) is 66.6 Å². The Labute approximate surface area is 155 Å². The Kier molecular flexibility index (Phi) is 7.02. The Hall–Kier alpha value is -1.85. The summed E-state index contributed by atoms with van der Waals surface area (Å²) in [6.45, 7) is 2.56. The number of rotatable bonds is 4. The first-order valence-electron chi connectivity index (χ1n) is 8.70. The van der Waals surface area contributed by atoms with Gasteiger partial charge in [0.1, 0.15) is 0 Å². The molecule has 0 unspecified atom stereocenters. The second-order valence-corrected chi connectivity index (χ2v) is 6.56. The van der Waals surface area contributed by atoms with Crippen LogP contribution in [0, 0.1) is 5.92 Å². The molecule has 0 radical (unpaired) electrons. The molecular weight excluding hydrogens is 338 g/mol. The number of benzene rings is 1. The first-order chi connectivity index (χ1) is 11.7. The third-order valence-corrected chi connectivity index (χ3v) is 5.04. The van der Waals surface area contributed by atoms with Crippen molar-refractivity contribution in [3.05, 3.63) is 42.0 Å². The van der Waals surface area contributed by atoms with E-state index in [-0.39, 0.29) is 30.3 Å². The van der Waals surface area contributed by atoms with Gasteiger partial charge in [-0.3, -0.25) is 9.59 Å². The molecule has 0 saturated carbocycles. The largest absolute Gasteiger partial charge is 0.339 e. The van der Waals surface area contributed by atoms with Crippen molar-refractivity contribution in [2.75, 3.05) is 26.2 Å². The number of hydrogen-bond donors (Lipinski definition) is 1. The van der Waals surface area contributed by atoms with Crippen molar-refractivity contribution in [1.29, 1.82) is 0 Å². The number of carbonyl (C=O) groups is 2. The summed E-state index contributed by atoms with van der Waals surface area (Å²) in [5.74, 6) is 0.641. The lowest BCUT2D eigenvalue weighted by Gasteiger charge is -2.46. The van der Waals surface area contributed by atoms with E-state index in [2.05, 4.69) is 0 Å². The zero-order valence-corrected chi connectivity index (χ0v) is 15.2. The maximum Gasteiger partial charge on any atom is 0.246 e. The number of amides is 2. The van der Waals surface area contributed by atoms with Crippen LogP contribution in [0.15, 0.2) is 36.4 Å². The minimum absolute atomic E-state index is 0.